The average Bonchev–Trinajstić information content (AvgIpc) is 3.43. The van der Waals surface area contributed by atoms with E-state index in [0.717, 1.165) is 46.7 Å². The summed E-state index contributed by atoms with van der Waals surface area (Å²) in [4.78, 5) is 38.4. The van der Waals surface area contributed by atoms with Crippen molar-refractivity contribution in [3.8, 4) is 10.4 Å². The molecule has 2 atom stereocenters. The van der Waals surface area contributed by atoms with Crippen molar-refractivity contribution in [3.63, 3.8) is 0 Å². The molecule has 0 aliphatic carbocycles. The summed E-state index contributed by atoms with van der Waals surface area (Å²) in [5, 5.41) is 8.07. The Morgan fingerprint density at radius 2 is 2.06 bits per heavy atom. The van der Waals surface area contributed by atoms with E-state index in [-0.39, 0.29) is 18.2 Å². The van der Waals surface area contributed by atoms with Crippen LogP contribution in [0.1, 0.15) is 33.9 Å². The van der Waals surface area contributed by atoms with E-state index in [0.29, 0.717) is 16.7 Å². The lowest BCUT2D eigenvalue weighted by Gasteiger charge is -2.23. The van der Waals surface area contributed by atoms with Crippen molar-refractivity contribution in [2.45, 2.75) is 38.3 Å². The van der Waals surface area contributed by atoms with Crippen LogP contribution in [0.5, 0.6) is 0 Å². The number of aldehydes is 1. The van der Waals surface area contributed by atoms with E-state index in [1.54, 1.807) is 12.4 Å². The fraction of sp³-hybridized carbons (Fsp3) is 0.318. The van der Waals surface area contributed by atoms with Gasteiger partial charge in [0.2, 0.25) is 11.7 Å². The van der Waals surface area contributed by atoms with Crippen molar-refractivity contribution in [2.24, 2.45) is 0 Å². The first kappa shape index (κ1) is 21.5. The molecular formula is C22H22ClN5O2S. The molecule has 3 heterocycles. The number of nitrogens with zero attached hydrogens (tertiary/aromatic N) is 3. The number of benzene rings is 1. The summed E-state index contributed by atoms with van der Waals surface area (Å²) in [5.74, 6) is 0.246. The highest BCUT2D eigenvalue weighted by atomic mass is 35.5. The number of halogens is 1. The van der Waals surface area contributed by atoms with Crippen molar-refractivity contribution < 1.29 is 9.59 Å². The van der Waals surface area contributed by atoms with E-state index >= 15 is 0 Å². The Morgan fingerprint density at radius 1 is 1.32 bits per heavy atom. The topological polar surface area (TPSA) is 96.9 Å². The van der Waals surface area contributed by atoms with Gasteiger partial charge in [-0.3, -0.25) is 4.79 Å². The van der Waals surface area contributed by atoms with Crippen molar-refractivity contribution in [2.75, 3.05) is 11.9 Å². The third-order valence-corrected chi connectivity index (χ3v) is 6.44. The first-order valence-corrected chi connectivity index (χ1v) is 11.3. The predicted molar refractivity (Wildman–Crippen MR) is 122 cm³/mol. The maximum absolute atomic E-state index is 13.7. The van der Waals surface area contributed by atoms with E-state index in [1.165, 1.54) is 11.3 Å². The summed E-state index contributed by atoms with van der Waals surface area (Å²) in [6, 6.07) is 6.80. The molecule has 7 nitrogen and oxygen atoms in total. The molecule has 0 spiro atoms. The first-order valence-electron chi connectivity index (χ1n) is 10.1. The normalized spacial score (nSPS) is 16.8. The van der Waals surface area contributed by atoms with Gasteiger partial charge in [-0.2, -0.15) is 0 Å². The minimum Gasteiger partial charge on any atom is -0.342 e. The summed E-state index contributed by atoms with van der Waals surface area (Å²) in [6.45, 7) is 2.75. The second-order valence-electron chi connectivity index (χ2n) is 7.39. The van der Waals surface area contributed by atoms with Crippen LogP contribution >= 0.6 is 22.9 Å². The summed E-state index contributed by atoms with van der Waals surface area (Å²) in [6.07, 6.45) is 6.12. The highest BCUT2D eigenvalue weighted by Gasteiger charge is 2.34. The maximum Gasteiger partial charge on any atom is 0.223 e. The third-order valence-electron chi connectivity index (χ3n) is 5.17. The fourth-order valence-electron chi connectivity index (χ4n) is 3.65. The zero-order valence-electron chi connectivity index (χ0n) is 17.0. The fourth-order valence-corrected chi connectivity index (χ4v) is 4.71. The van der Waals surface area contributed by atoms with Gasteiger partial charge in [0.25, 0.3) is 0 Å². The zero-order valence-corrected chi connectivity index (χ0v) is 18.5. The second kappa shape index (κ2) is 9.64. The molecule has 4 rings (SSSR count). The van der Waals surface area contributed by atoms with Crippen LogP contribution in [0.25, 0.3) is 10.4 Å². The number of hydrogen-bond acceptors (Lipinski definition) is 8. The second-order valence-corrected chi connectivity index (χ2v) is 9.03. The molecule has 1 aliphatic heterocycles. The number of hydrogen-bond donors (Lipinski definition) is 2. The van der Waals surface area contributed by atoms with Gasteiger partial charge < -0.3 is 15.4 Å². The van der Waals surface area contributed by atoms with Crippen molar-refractivity contribution in [1.29, 1.82) is 0 Å². The van der Waals surface area contributed by atoms with Crippen LogP contribution in [0.15, 0.2) is 36.7 Å². The van der Waals surface area contributed by atoms with Gasteiger partial charge in [-0.25, -0.2) is 15.0 Å². The summed E-state index contributed by atoms with van der Waals surface area (Å²) in [5.41, 5.74) is 2.07. The van der Waals surface area contributed by atoms with Gasteiger partial charge in [-0.1, -0.05) is 23.7 Å². The Morgan fingerprint density at radius 3 is 2.71 bits per heavy atom. The Labute approximate surface area is 189 Å². The SMILES string of the molecule is Cc1nc(C(=O)C(Nc2ncc(CC=O)cn2)C2CCCN2)c(-c2ccc(Cl)cc2)s1. The Bertz CT molecular complexity index is 1060. The van der Waals surface area contributed by atoms with Gasteiger partial charge in [0.1, 0.15) is 18.0 Å². The minimum atomic E-state index is -0.563. The molecule has 0 radical (unpaired) electrons. The van der Waals surface area contributed by atoms with Crippen LogP contribution in [-0.4, -0.2) is 45.6 Å². The lowest BCUT2D eigenvalue weighted by molar-refractivity contribution is -0.107. The molecule has 31 heavy (non-hydrogen) atoms. The number of aromatic nitrogens is 3. The lowest BCUT2D eigenvalue weighted by atomic mass is 9.98. The molecule has 2 N–H and O–H groups in total. The Balaban J connectivity index is 1.65. The van der Waals surface area contributed by atoms with Crippen molar-refractivity contribution in [1.82, 2.24) is 20.3 Å². The molecule has 2 unspecified atom stereocenters. The van der Waals surface area contributed by atoms with Crippen molar-refractivity contribution in [3.05, 3.63) is 57.9 Å². The average molecular weight is 456 g/mol. The number of Topliss-reactive ketones (excluding diaryl/α,β-unsaturated/α-hetero) is 1. The molecule has 1 aromatic carbocycles. The number of carbonyl (C=O) groups excluding carboxylic acids is 2. The number of nitrogens with one attached hydrogen (secondary N) is 2. The van der Waals surface area contributed by atoms with E-state index in [4.69, 9.17) is 11.6 Å². The molecule has 1 aliphatic rings. The standard InChI is InChI=1S/C22H22ClN5O2S/c1-13-27-19(21(31-13)15-4-6-16(23)7-5-15)20(30)18(17-3-2-9-24-17)28-22-25-11-14(8-10-29)12-26-22/h4-7,10-12,17-18,24H,2-3,8-9H2,1H3,(H,25,26,28). The number of thiazole rings is 1. The highest BCUT2D eigenvalue weighted by molar-refractivity contribution is 7.15. The maximum atomic E-state index is 13.7. The van der Waals surface area contributed by atoms with Gasteiger partial charge in [0.15, 0.2) is 0 Å². The first-order chi connectivity index (χ1) is 15.0. The van der Waals surface area contributed by atoms with E-state index in [9.17, 15) is 9.59 Å². The number of rotatable bonds is 8. The molecule has 9 heteroatoms. The molecule has 160 valence electrons. The molecule has 3 aromatic rings. The van der Waals surface area contributed by atoms with E-state index in [2.05, 4.69) is 25.6 Å². The van der Waals surface area contributed by atoms with E-state index in [1.807, 2.05) is 31.2 Å². The van der Waals surface area contributed by atoms with Gasteiger partial charge >= 0.3 is 0 Å². The molecular weight excluding hydrogens is 434 g/mol. The van der Waals surface area contributed by atoms with Gasteiger partial charge in [-0.05, 0) is 49.6 Å². The van der Waals surface area contributed by atoms with Crippen LogP contribution < -0.4 is 10.6 Å². The van der Waals surface area contributed by atoms with Gasteiger partial charge in [0.05, 0.1) is 9.88 Å². The molecule has 2 aromatic heterocycles. The zero-order chi connectivity index (χ0) is 21.8. The smallest absolute Gasteiger partial charge is 0.223 e. The number of anilines is 1. The summed E-state index contributed by atoms with van der Waals surface area (Å²) in [7, 11) is 0. The van der Waals surface area contributed by atoms with Crippen LogP contribution in [-0.2, 0) is 11.2 Å². The monoisotopic (exact) mass is 455 g/mol. The summed E-state index contributed by atoms with van der Waals surface area (Å²) >= 11 is 7.52. The quantitative estimate of drug-likeness (QED) is 0.394. The Kier molecular flexibility index (Phi) is 6.70. The van der Waals surface area contributed by atoms with Crippen LogP contribution in [0.3, 0.4) is 0 Å². The van der Waals surface area contributed by atoms with E-state index < -0.39 is 6.04 Å². The van der Waals surface area contributed by atoms with Gasteiger partial charge in [0, 0.05) is 29.9 Å². The lowest BCUT2D eigenvalue weighted by Crippen LogP contribution is -2.46. The number of aryl methyl sites for hydroxylation is 1. The van der Waals surface area contributed by atoms with Crippen LogP contribution in [0, 0.1) is 6.92 Å². The third kappa shape index (κ3) is 4.98. The largest absolute Gasteiger partial charge is 0.342 e. The van der Waals surface area contributed by atoms with Crippen molar-refractivity contribution >= 4 is 41.0 Å². The molecule has 0 bridgehead atoms. The number of carbonyl (C=O) groups is 2. The highest BCUT2D eigenvalue weighted by Crippen LogP contribution is 2.32. The Hall–Kier alpha value is -2.68. The van der Waals surface area contributed by atoms with Crippen LogP contribution in [0.2, 0.25) is 5.02 Å². The molecule has 0 amide bonds. The summed E-state index contributed by atoms with van der Waals surface area (Å²) < 4.78 is 0. The predicted octanol–water partition coefficient (Wildman–Crippen LogP) is 3.72. The van der Waals surface area contributed by atoms with Gasteiger partial charge in [-0.15, -0.1) is 11.3 Å². The molecule has 1 fully saturated rings. The van der Waals surface area contributed by atoms with Crippen LogP contribution in [0.4, 0.5) is 5.95 Å². The molecule has 0 saturated carbocycles. The number of ketones is 1. The molecule has 1 saturated heterocycles. The minimum absolute atomic E-state index is 0.0502.